The molecule has 0 aliphatic carbocycles. The maximum Gasteiger partial charge on any atom is 0.310 e. The molecule has 6 atom stereocenters. The topological polar surface area (TPSA) is 87.2 Å². The number of aliphatic hydroxyl groups is 1. The van der Waals surface area contributed by atoms with E-state index in [1.807, 2.05) is 11.8 Å². The zero-order chi connectivity index (χ0) is 27.8. The molecule has 0 saturated carbocycles. The van der Waals surface area contributed by atoms with Crippen LogP contribution in [0.5, 0.6) is 0 Å². The van der Waals surface area contributed by atoms with Gasteiger partial charge in [-0.15, -0.1) is 24.9 Å². The number of fused-ring (bicyclic) bond motifs is 1. The van der Waals surface area contributed by atoms with Crippen molar-refractivity contribution in [1.82, 2.24) is 9.80 Å². The van der Waals surface area contributed by atoms with Crippen molar-refractivity contribution in [1.29, 1.82) is 0 Å². The summed E-state index contributed by atoms with van der Waals surface area (Å²) in [6, 6.07) is -1.24. The molecule has 3 aliphatic rings. The van der Waals surface area contributed by atoms with Crippen molar-refractivity contribution in [3.63, 3.8) is 0 Å². The highest BCUT2D eigenvalue weighted by molar-refractivity contribution is 8.02. The standard InChI is InChI=1S/C29H46N2O5S/c1-9-12-16-36-26(35)21-20-13-14-29(37-20)22(21)24(33)31(19(11-3)17-32)23(29)25(34)30(15-10-2)28(7,8)18-27(4,5)6/h9-10,19-23,32H,1-2,11-18H2,3-8H3/t19-,20-,21+,22-,23?,29?/m0/s1. The van der Waals surface area contributed by atoms with Gasteiger partial charge in [0.15, 0.2) is 0 Å². The number of likely N-dealkylation sites (tertiary alicyclic amines) is 1. The Hall–Kier alpha value is -1.80. The Labute approximate surface area is 227 Å². The van der Waals surface area contributed by atoms with E-state index in [-0.39, 0.29) is 41.7 Å². The van der Waals surface area contributed by atoms with Crippen LogP contribution >= 0.6 is 11.8 Å². The molecular formula is C29H46N2O5S. The minimum Gasteiger partial charge on any atom is -0.465 e. The van der Waals surface area contributed by atoms with Gasteiger partial charge < -0.3 is 19.6 Å². The van der Waals surface area contributed by atoms with Crippen LogP contribution in [0.3, 0.4) is 0 Å². The smallest absolute Gasteiger partial charge is 0.310 e. The van der Waals surface area contributed by atoms with Crippen molar-refractivity contribution in [2.24, 2.45) is 17.3 Å². The molecule has 0 radical (unpaired) electrons. The molecule has 3 fully saturated rings. The number of hydrogen-bond acceptors (Lipinski definition) is 6. The lowest BCUT2D eigenvalue weighted by Gasteiger charge is -2.46. The van der Waals surface area contributed by atoms with Gasteiger partial charge in [-0.3, -0.25) is 14.4 Å². The number of amides is 2. The van der Waals surface area contributed by atoms with Gasteiger partial charge >= 0.3 is 5.97 Å². The fourth-order valence-corrected chi connectivity index (χ4v) is 9.28. The monoisotopic (exact) mass is 534 g/mol. The first-order chi connectivity index (χ1) is 17.3. The van der Waals surface area contributed by atoms with Crippen LogP contribution in [0.15, 0.2) is 25.3 Å². The van der Waals surface area contributed by atoms with Gasteiger partial charge in [-0.05, 0) is 51.4 Å². The molecule has 3 aliphatic heterocycles. The quantitative estimate of drug-likeness (QED) is 0.229. The lowest BCUT2D eigenvalue weighted by molar-refractivity contribution is -0.154. The van der Waals surface area contributed by atoms with E-state index in [9.17, 15) is 19.5 Å². The van der Waals surface area contributed by atoms with Gasteiger partial charge in [0.05, 0.1) is 35.8 Å². The Bertz CT molecular complexity index is 908. The van der Waals surface area contributed by atoms with E-state index in [1.54, 1.807) is 28.8 Å². The summed E-state index contributed by atoms with van der Waals surface area (Å²) in [5.41, 5.74) is -0.509. The van der Waals surface area contributed by atoms with Crippen molar-refractivity contribution < 1.29 is 24.2 Å². The maximum absolute atomic E-state index is 14.6. The summed E-state index contributed by atoms with van der Waals surface area (Å²) in [5, 5.41) is 10.2. The minimum atomic E-state index is -0.748. The summed E-state index contributed by atoms with van der Waals surface area (Å²) >= 11 is 1.63. The summed E-state index contributed by atoms with van der Waals surface area (Å²) in [4.78, 5) is 45.5. The molecule has 7 nitrogen and oxygen atoms in total. The van der Waals surface area contributed by atoms with Gasteiger partial charge in [-0.1, -0.05) is 39.8 Å². The van der Waals surface area contributed by atoms with E-state index in [0.29, 0.717) is 25.8 Å². The molecule has 1 spiro atoms. The first kappa shape index (κ1) is 29.8. The molecule has 2 amide bonds. The van der Waals surface area contributed by atoms with E-state index < -0.39 is 34.2 Å². The Kier molecular flexibility index (Phi) is 8.95. The van der Waals surface area contributed by atoms with E-state index in [1.165, 1.54) is 0 Å². The molecule has 3 rings (SSSR count). The lowest BCUT2D eigenvalue weighted by Crippen LogP contribution is -2.61. The number of ether oxygens (including phenoxy) is 1. The van der Waals surface area contributed by atoms with Gasteiger partial charge in [0, 0.05) is 17.3 Å². The number of thioether (sulfide) groups is 1. The van der Waals surface area contributed by atoms with Crippen molar-refractivity contribution in [3.05, 3.63) is 25.3 Å². The molecule has 3 saturated heterocycles. The summed E-state index contributed by atoms with van der Waals surface area (Å²) in [7, 11) is 0. The lowest BCUT2D eigenvalue weighted by atomic mass is 9.71. The highest BCUT2D eigenvalue weighted by Gasteiger charge is 2.75. The first-order valence-corrected chi connectivity index (χ1v) is 14.5. The summed E-state index contributed by atoms with van der Waals surface area (Å²) in [6.45, 7) is 20.5. The van der Waals surface area contributed by atoms with Gasteiger partial charge in [0.25, 0.3) is 0 Å². The summed E-state index contributed by atoms with van der Waals surface area (Å²) in [6.07, 6.45) is 6.71. The normalized spacial score (nSPS) is 29.7. The van der Waals surface area contributed by atoms with Crippen LogP contribution in [0.1, 0.15) is 73.6 Å². The average molecular weight is 535 g/mol. The molecule has 2 unspecified atom stereocenters. The largest absolute Gasteiger partial charge is 0.465 e. The third kappa shape index (κ3) is 5.38. The molecule has 2 bridgehead atoms. The van der Waals surface area contributed by atoms with Crippen LogP contribution in [0.2, 0.25) is 0 Å². The number of nitrogens with zero attached hydrogens (tertiary/aromatic N) is 2. The number of esters is 1. The fourth-order valence-electron chi connectivity index (χ4n) is 7.09. The van der Waals surface area contributed by atoms with E-state index >= 15 is 0 Å². The Morgan fingerprint density at radius 2 is 1.95 bits per heavy atom. The molecule has 37 heavy (non-hydrogen) atoms. The van der Waals surface area contributed by atoms with Crippen molar-refractivity contribution in [3.8, 4) is 0 Å². The molecular weight excluding hydrogens is 488 g/mol. The fraction of sp³-hybridized carbons (Fsp3) is 0.759. The molecule has 0 aromatic heterocycles. The van der Waals surface area contributed by atoms with Crippen LogP contribution in [0.4, 0.5) is 0 Å². The SMILES string of the molecule is C=CCCOC(=O)[C@@H]1[C@@H]2CCC3(S2)C(C(=O)N(CC=C)C(C)(C)CC(C)(C)C)N([C@@H](CC)CO)C(=O)[C@H]13. The van der Waals surface area contributed by atoms with Crippen LogP contribution in [0, 0.1) is 17.3 Å². The molecule has 3 heterocycles. The molecule has 208 valence electrons. The number of carbonyl (C=O) groups is 3. The molecule has 0 aromatic carbocycles. The van der Waals surface area contributed by atoms with E-state index in [0.717, 1.165) is 12.8 Å². The van der Waals surface area contributed by atoms with E-state index in [4.69, 9.17) is 4.74 Å². The zero-order valence-electron chi connectivity index (χ0n) is 23.5. The first-order valence-electron chi connectivity index (χ1n) is 13.6. The number of aliphatic hydroxyl groups excluding tert-OH is 1. The van der Waals surface area contributed by atoms with Crippen LogP contribution in [-0.4, -0.2) is 80.1 Å². The number of hydrogen-bond donors (Lipinski definition) is 1. The maximum atomic E-state index is 14.6. The van der Waals surface area contributed by atoms with Gasteiger partial charge in [-0.25, -0.2) is 0 Å². The predicted octanol–water partition coefficient (Wildman–Crippen LogP) is 4.20. The molecule has 0 aromatic rings. The van der Waals surface area contributed by atoms with Crippen LogP contribution in [-0.2, 0) is 19.1 Å². The average Bonchev–Trinajstić information content (AvgIpc) is 3.44. The Morgan fingerprint density at radius 1 is 1.27 bits per heavy atom. The second kappa shape index (κ2) is 11.1. The third-order valence-corrected chi connectivity index (χ3v) is 10.1. The number of carbonyl (C=O) groups excluding carboxylic acids is 3. The predicted molar refractivity (Wildman–Crippen MR) is 148 cm³/mol. The zero-order valence-corrected chi connectivity index (χ0v) is 24.3. The molecule has 1 N–H and O–H groups in total. The second-order valence-corrected chi connectivity index (χ2v) is 14.2. The number of rotatable bonds is 12. The van der Waals surface area contributed by atoms with Crippen LogP contribution < -0.4 is 0 Å². The van der Waals surface area contributed by atoms with Crippen molar-refractivity contribution >= 4 is 29.5 Å². The van der Waals surface area contributed by atoms with Crippen molar-refractivity contribution in [2.45, 2.75) is 101 Å². The van der Waals surface area contributed by atoms with Gasteiger partial charge in [-0.2, -0.15) is 0 Å². The second-order valence-electron chi connectivity index (χ2n) is 12.6. The van der Waals surface area contributed by atoms with Gasteiger partial charge in [0.2, 0.25) is 11.8 Å². The molecule has 8 heteroatoms. The van der Waals surface area contributed by atoms with Gasteiger partial charge in [0.1, 0.15) is 6.04 Å². The minimum absolute atomic E-state index is 0.0207. The Morgan fingerprint density at radius 3 is 2.49 bits per heavy atom. The van der Waals surface area contributed by atoms with Crippen molar-refractivity contribution in [2.75, 3.05) is 19.8 Å². The highest BCUT2D eigenvalue weighted by atomic mass is 32.2. The van der Waals surface area contributed by atoms with Crippen LogP contribution in [0.25, 0.3) is 0 Å². The summed E-state index contributed by atoms with van der Waals surface area (Å²) < 4.78 is 4.85. The highest BCUT2D eigenvalue weighted by Crippen LogP contribution is 2.67. The third-order valence-electron chi connectivity index (χ3n) is 8.16. The Balaban J connectivity index is 2.07. The van der Waals surface area contributed by atoms with E-state index in [2.05, 4.69) is 47.8 Å². The summed E-state index contributed by atoms with van der Waals surface area (Å²) in [5.74, 6) is -1.89.